The van der Waals surface area contributed by atoms with Crippen LogP contribution in [0.5, 0.6) is 0 Å². The van der Waals surface area contributed by atoms with Gasteiger partial charge >= 0.3 is 0 Å². The van der Waals surface area contributed by atoms with Crippen LogP contribution >= 0.6 is 35.0 Å². The molecule has 2 amide bonds. The van der Waals surface area contributed by atoms with Crippen molar-refractivity contribution < 1.29 is 9.59 Å². The lowest BCUT2D eigenvalue weighted by atomic mass is 10.1. The minimum Gasteiger partial charge on any atom is -0.357 e. The molecule has 1 N–H and O–H groups in total. The molecule has 4 nitrogen and oxygen atoms in total. The van der Waals surface area contributed by atoms with E-state index in [4.69, 9.17) is 23.2 Å². The van der Waals surface area contributed by atoms with E-state index in [0.29, 0.717) is 27.8 Å². The van der Waals surface area contributed by atoms with Crippen LogP contribution in [0, 0.1) is 0 Å². The van der Waals surface area contributed by atoms with Gasteiger partial charge in [-0.3, -0.25) is 9.59 Å². The van der Waals surface area contributed by atoms with Crippen molar-refractivity contribution in [1.29, 1.82) is 0 Å². The zero-order valence-corrected chi connectivity index (χ0v) is 17.6. The molecule has 27 heavy (non-hydrogen) atoms. The van der Waals surface area contributed by atoms with Crippen LogP contribution in [-0.2, 0) is 16.1 Å². The van der Waals surface area contributed by atoms with E-state index < -0.39 is 6.04 Å². The lowest BCUT2D eigenvalue weighted by molar-refractivity contribution is -0.140. The van der Waals surface area contributed by atoms with E-state index in [1.807, 2.05) is 30.3 Å². The maximum Gasteiger partial charge on any atom is 0.242 e. The molecule has 0 heterocycles. The predicted molar refractivity (Wildman–Crippen MR) is 112 cm³/mol. The molecule has 0 bridgehead atoms. The second-order valence-corrected chi connectivity index (χ2v) is 7.91. The number of likely N-dealkylation sites (N-methyl/N-ethyl adjacent to an activating group) is 1. The van der Waals surface area contributed by atoms with Gasteiger partial charge < -0.3 is 10.2 Å². The van der Waals surface area contributed by atoms with Gasteiger partial charge in [0.1, 0.15) is 6.04 Å². The minimum atomic E-state index is -0.628. The van der Waals surface area contributed by atoms with Crippen LogP contribution in [0.3, 0.4) is 0 Å². The van der Waals surface area contributed by atoms with Gasteiger partial charge in [-0.05, 0) is 31.2 Å². The Balaban J connectivity index is 2.11. The van der Waals surface area contributed by atoms with E-state index in [0.717, 1.165) is 4.90 Å². The Hall–Kier alpha value is -1.69. The number of benzene rings is 2. The van der Waals surface area contributed by atoms with E-state index in [1.165, 1.54) is 4.90 Å². The Kier molecular flexibility index (Phi) is 8.48. The zero-order valence-electron chi connectivity index (χ0n) is 15.2. The summed E-state index contributed by atoms with van der Waals surface area (Å²) >= 11 is 14.1. The molecule has 1 atom stereocenters. The fraction of sp³-hybridized carbons (Fsp3) is 0.300. The molecular weight excluding hydrogens is 403 g/mol. The first-order valence-corrected chi connectivity index (χ1v) is 10.3. The van der Waals surface area contributed by atoms with E-state index in [1.54, 1.807) is 43.9 Å². The van der Waals surface area contributed by atoms with Crippen LogP contribution in [-0.4, -0.2) is 35.6 Å². The van der Waals surface area contributed by atoms with E-state index in [2.05, 4.69) is 5.32 Å². The summed E-state index contributed by atoms with van der Waals surface area (Å²) in [5, 5.41) is 3.54. The van der Waals surface area contributed by atoms with Gasteiger partial charge in [0.05, 0.1) is 0 Å². The average Bonchev–Trinajstić information content (AvgIpc) is 2.67. The van der Waals surface area contributed by atoms with Crippen molar-refractivity contribution in [3.8, 4) is 0 Å². The number of thioether (sulfide) groups is 1. The number of hydrogen-bond acceptors (Lipinski definition) is 3. The van der Waals surface area contributed by atoms with Gasteiger partial charge in [0.25, 0.3) is 0 Å². The summed E-state index contributed by atoms with van der Waals surface area (Å²) in [7, 11) is 1.55. The summed E-state index contributed by atoms with van der Waals surface area (Å²) in [6.07, 6.45) is 0.308. The van der Waals surface area contributed by atoms with E-state index in [-0.39, 0.29) is 18.4 Å². The third-order valence-corrected chi connectivity index (χ3v) is 5.85. The van der Waals surface area contributed by atoms with Crippen molar-refractivity contribution in [3.05, 3.63) is 64.1 Å². The number of carbonyl (C=O) groups is 2. The van der Waals surface area contributed by atoms with Crippen LogP contribution in [0.25, 0.3) is 0 Å². The van der Waals surface area contributed by atoms with Crippen molar-refractivity contribution in [2.24, 2.45) is 0 Å². The molecule has 0 aliphatic heterocycles. The minimum absolute atomic E-state index is 0.120. The molecule has 0 spiro atoms. The van der Waals surface area contributed by atoms with Crippen LogP contribution in [0.15, 0.2) is 53.4 Å². The number of rotatable bonds is 8. The quantitative estimate of drug-likeness (QED) is 0.627. The molecular formula is C20H22Cl2N2O2S. The fourth-order valence-corrected chi connectivity index (χ4v) is 3.94. The first-order valence-electron chi connectivity index (χ1n) is 8.55. The lowest BCUT2D eigenvalue weighted by Gasteiger charge is -2.29. The Morgan fingerprint density at radius 2 is 1.70 bits per heavy atom. The first kappa shape index (κ1) is 21.6. The van der Waals surface area contributed by atoms with Gasteiger partial charge in [0, 0.05) is 46.3 Å². The van der Waals surface area contributed by atoms with Gasteiger partial charge in [-0.15, -0.1) is 11.8 Å². The monoisotopic (exact) mass is 424 g/mol. The molecule has 144 valence electrons. The smallest absolute Gasteiger partial charge is 0.242 e. The van der Waals surface area contributed by atoms with Crippen molar-refractivity contribution in [2.75, 3.05) is 12.8 Å². The summed E-state index contributed by atoms with van der Waals surface area (Å²) in [4.78, 5) is 27.6. The third kappa shape index (κ3) is 6.16. The lowest BCUT2D eigenvalue weighted by Crippen LogP contribution is -2.46. The van der Waals surface area contributed by atoms with Gasteiger partial charge in [-0.2, -0.15) is 0 Å². The summed E-state index contributed by atoms with van der Waals surface area (Å²) in [6, 6.07) is 14.5. The van der Waals surface area contributed by atoms with Crippen LogP contribution in [0.4, 0.5) is 0 Å². The Morgan fingerprint density at radius 3 is 2.30 bits per heavy atom. The van der Waals surface area contributed by atoms with Crippen LogP contribution in [0.2, 0.25) is 10.0 Å². The highest BCUT2D eigenvalue weighted by atomic mass is 35.5. The van der Waals surface area contributed by atoms with Crippen molar-refractivity contribution in [2.45, 2.75) is 30.8 Å². The summed E-state index contributed by atoms with van der Waals surface area (Å²) in [6.45, 7) is 1.88. The number of nitrogens with one attached hydrogen (secondary N) is 1. The predicted octanol–water partition coefficient (Wildman–Crippen LogP) is 4.64. The number of carbonyl (C=O) groups excluding carboxylic acids is 2. The summed E-state index contributed by atoms with van der Waals surface area (Å²) < 4.78 is 0. The molecule has 2 aromatic carbocycles. The number of nitrogens with zero attached hydrogens (tertiary/aromatic N) is 1. The molecule has 0 aliphatic rings. The number of halogens is 2. The van der Waals surface area contributed by atoms with Crippen molar-refractivity contribution in [3.63, 3.8) is 0 Å². The molecule has 0 aromatic heterocycles. The van der Waals surface area contributed by atoms with Crippen LogP contribution in [0.1, 0.15) is 18.9 Å². The molecule has 0 aliphatic carbocycles. The molecule has 0 saturated carbocycles. The fourth-order valence-electron chi connectivity index (χ4n) is 2.56. The number of amides is 2. The normalized spacial score (nSPS) is 11.7. The molecule has 2 rings (SSSR count). The first-order chi connectivity index (χ1) is 12.9. The third-order valence-electron chi connectivity index (χ3n) is 4.13. The second kappa shape index (κ2) is 10.6. The average molecular weight is 425 g/mol. The van der Waals surface area contributed by atoms with E-state index in [9.17, 15) is 9.59 Å². The van der Waals surface area contributed by atoms with Gasteiger partial charge in [-0.25, -0.2) is 0 Å². The zero-order chi connectivity index (χ0) is 19.8. The highest BCUT2D eigenvalue weighted by Gasteiger charge is 2.26. The maximum atomic E-state index is 12.9. The SMILES string of the molecule is CNC(=O)C(C)N(Cc1c(Cl)cccc1Cl)C(=O)CCSc1ccccc1. The van der Waals surface area contributed by atoms with Crippen LogP contribution < -0.4 is 5.32 Å². The Labute approximate surface area is 174 Å². The van der Waals surface area contributed by atoms with Gasteiger partial charge in [-0.1, -0.05) is 47.5 Å². The Morgan fingerprint density at radius 1 is 1.07 bits per heavy atom. The van der Waals surface area contributed by atoms with Gasteiger partial charge in [0.2, 0.25) is 11.8 Å². The van der Waals surface area contributed by atoms with Crippen molar-refractivity contribution in [1.82, 2.24) is 10.2 Å². The topological polar surface area (TPSA) is 49.4 Å². The molecule has 0 saturated heterocycles. The maximum absolute atomic E-state index is 12.9. The molecule has 7 heteroatoms. The molecule has 1 unspecified atom stereocenters. The highest BCUT2D eigenvalue weighted by molar-refractivity contribution is 7.99. The summed E-state index contributed by atoms with van der Waals surface area (Å²) in [5.41, 5.74) is 0.639. The molecule has 0 fully saturated rings. The van der Waals surface area contributed by atoms with E-state index >= 15 is 0 Å². The standard InChI is InChI=1S/C20H22Cl2N2O2S/c1-14(20(26)23-2)24(13-16-17(21)9-6-10-18(16)22)19(25)11-12-27-15-7-4-3-5-8-15/h3-10,14H,11-13H2,1-2H3,(H,23,26). The van der Waals surface area contributed by atoms with Gasteiger partial charge in [0.15, 0.2) is 0 Å². The van der Waals surface area contributed by atoms with Crippen molar-refractivity contribution >= 4 is 46.8 Å². The summed E-state index contributed by atoms with van der Waals surface area (Å²) in [5.74, 6) is 0.267. The number of hydrogen-bond donors (Lipinski definition) is 1. The largest absolute Gasteiger partial charge is 0.357 e. The molecule has 2 aromatic rings. The molecule has 0 radical (unpaired) electrons. The highest BCUT2D eigenvalue weighted by Crippen LogP contribution is 2.27. The second-order valence-electron chi connectivity index (χ2n) is 5.92. The Bertz CT molecular complexity index is 767.